The molecule has 1 aromatic carbocycles. The average molecular weight is 214 g/mol. The molecule has 0 saturated heterocycles. The second kappa shape index (κ2) is 2.94. The standard InChI is InChI=1S/C11H13ClFN/c1-11(2)9(10(11)14)7-4-3-6(13)5-8(7)12/h3-5,9-10H,14H2,1-2H3/t9-,10-/m0/s1. The van der Waals surface area contributed by atoms with Crippen LogP contribution in [0.5, 0.6) is 0 Å². The number of halogens is 2. The van der Waals surface area contributed by atoms with Gasteiger partial charge < -0.3 is 5.73 Å². The van der Waals surface area contributed by atoms with Crippen molar-refractivity contribution in [2.75, 3.05) is 0 Å². The number of rotatable bonds is 1. The van der Waals surface area contributed by atoms with Gasteiger partial charge in [0.25, 0.3) is 0 Å². The molecule has 1 aromatic rings. The average Bonchev–Trinajstić information content (AvgIpc) is 2.54. The van der Waals surface area contributed by atoms with Crippen molar-refractivity contribution in [2.24, 2.45) is 11.1 Å². The molecule has 0 aliphatic heterocycles. The maximum absolute atomic E-state index is 12.8. The number of hydrogen-bond donors (Lipinski definition) is 1. The molecule has 1 saturated carbocycles. The summed E-state index contributed by atoms with van der Waals surface area (Å²) in [4.78, 5) is 0. The molecule has 14 heavy (non-hydrogen) atoms. The predicted octanol–water partition coefficient (Wildman–Crippen LogP) is 2.93. The Kier molecular flexibility index (Phi) is 2.09. The fraction of sp³-hybridized carbons (Fsp3) is 0.455. The first-order chi connectivity index (χ1) is 6.44. The molecule has 1 aliphatic rings. The van der Waals surface area contributed by atoms with Gasteiger partial charge in [0.2, 0.25) is 0 Å². The summed E-state index contributed by atoms with van der Waals surface area (Å²) in [5.74, 6) is -0.0404. The molecule has 1 aliphatic carbocycles. The Morgan fingerprint density at radius 1 is 1.43 bits per heavy atom. The zero-order valence-electron chi connectivity index (χ0n) is 8.22. The maximum atomic E-state index is 12.8. The third-order valence-corrected chi connectivity index (χ3v) is 3.54. The van der Waals surface area contributed by atoms with Crippen LogP contribution in [0.4, 0.5) is 4.39 Å². The highest BCUT2D eigenvalue weighted by Crippen LogP contribution is 2.58. The zero-order valence-corrected chi connectivity index (χ0v) is 8.98. The van der Waals surface area contributed by atoms with Crippen molar-refractivity contribution in [1.82, 2.24) is 0 Å². The van der Waals surface area contributed by atoms with Crippen LogP contribution in [0, 0.1) is 11.2 Å². The van der Waals surface area contributed by atoms with Gasteiger partial charge >= 0.3 is 0 Å². The van der Waals surface area contributed by atoms with E-state index < -0.39 is 0 Å². The Labute approximate surface area is 88.1 Å². The first kappa shape index (κ1) is 9.94. The minimum atomic E-state index is -0.300. The van der Waals surface area contributed by atoms with Crippen molar-refractivity contribution < 1.29 is 4.39 Å². The second-order valence-electron chi connectivity index (χ2n) is 4.49. The highest BCUT2D eigenvalue weighted by molar-refractivity contribution is 6.31. The van der Waals surface area contributed by atoms with Crippen LogP contribution in [0.2, 0.25) is 5.02 Å². The molecule has 0 spiro atoms. The first-order valence-electron chi connectivity index (χ1n) is 4.65. The molecule has 1 fully saturated rings. The van der Waals surface area contributed by atoms with Crippen molar-refractivity contribution >= 4 is 11.6 Å². The van der Waals surface area contributed by atoms with E-state index in [9.17, 15) is 4.39 Å². The van der Waals surface area contributed by atoms with Gasteiger partial charge in [-0.15, -0.1) is 0 Å². The number of benzene rings is 1. The summed E-state index contributed by atoms with van der Waals surface area (Å²) < 4.78 is 12.8. The summed E-state index contributed by atoms with van der Waals surface area (Å²) in [7, 11) is 0. The molecule has 76 valence electrons. The highest BCUT2D eigenvalue weighted by atomic mass is 35.5. The summed E-state index contributed by atoms with van der Waals surface area (Å²) in [6.07, 6.45) is 0. The van der Waals surface area contributed by atoms with E-state index in [1.807, 2.05) is 0 Å². The van der Waals surface area contributed by atoms with E-state index in [0.29, 0.717) is 5.02 Å². The molecule has 2 N–H and O–H groups in total. The van der Waals surface area contributed by atoms with E-state index in [-0.39, 0.29) is 23.2 Å². The van der Waals surface area contributed by atoms with Gasteiger partial charge in [-0.2, -0.15) is 0 Å². The number of hydrogen-bond acceptors (Lipinski definition) is 1. The lowest BCUT2D eigenvalue weighted by Crippen LogP contribution is -2.06. The topological polar surface area (TPSA) is 26.0 Å². The van der Waals surface area contributed by atoms with E-state index in [0.717, 1.165) is 5.56 Å². The van der Waals surface area contributed by atoms with E-state index in [4.69, 9.17) is 17.3 Å². The van der Waals surface area contributed by atoms with Crippen LogP contribution < -0.4 is 5.73 Å². The molecular weight excluding hydrogens is 201 g/mol. The van der Waals surface area contributed by atoms with E-state index >= 15 is 0 Å². The lowest BCUT2D eigenvalue weighted by molar-refractivity contribution is 0.597. The van der Waals surface area contributed by atoms with Crippen molar-refractivity contribution in [3.63, 3.8) is 0 Å². The molecule has 2 atom stereocenters. The largest absolute Gasteiger partial charge is 0.327 e. The Morgan fingerprint density at radius 2 is 2.00 bits per heavy atom. The Bertz CT molecular complexity index is 376. The van der Waals surface area contributed by atoms with Gasteiger partial charge in [0.05, 0.1) is 0 Å². The molecule has 3 heteroatoms. The van der Waals surface area contributed by atoms with Crippen LogP contribution in [-0.2, 0) is 0 Å². The number of nitrogens with two attached hydrogens (primary N) is 1. The second-order valence-corrected chi connectivity index (χ2v) is 4.90. The maximum Gasteiger partial charge on any atom is 0.124 e. The monoisotopic (exact) mass is 213 g/mol. The predicted molar refractivity (Wildman–Crippen MR) is 55.9 cm³/mol. The molecule has 0 amide bonds. The quantitative estimate of drug-likeness (QED) is 0.763. The molecule has 1 nitrogen and oxygen atoms in total. The SMILES string of the molecule is CC1(C)[C@@H](N)[C@@H]1c1ccc(F)cc1Cl. The van der Waals surface area contributed by atoms with Gasteiger partial charge in [-0.3, -0.25) is 0 Å². The van der Waals surface area contributed by atoms with Crippen molar-refractivity contribution in [3.8, 4) is 0 Å². The Morgan fingerprint density at radius 3 is 2.43 bits per heavy atom. The molecule has 2 rings (SSSR count). The van der Waals surface area contributed by atoms with Crippen LogP contribution >= 0.6 is 11.6 Å². The molecule has 0 unspecified atom stereocenters. The van der Waals surface area contributed by atoms with E-state index in [2.05, 4.69) is 13.8 Å². The normalized spacial score (nSPS) is 28.9. The lowest BCUT2D eigenvalue weighted by Gasteiger charge is -2.05. The van der Waals surface area contributed by atoms with Crippen molar-refractivity contribution in [2.45, 2.75) is 25.8 Å². The fourth-order valence-corrected chi connectivity index (χ4v) is 2.31. The van der Waals surface area contributed by atoms with Gasteiger partial charge in [-0.1, -0.05) is 31.5 Å². The zero-order chi connectivity index (χ0) is 10.5. The van der Waals surface area contributed by atoms with Gasteiger partial charge in [0, 0.05) is 17.0 Å². The van der Waals surface area contributed by atoms with Gasteiger partial charge in [0.15, 0.2) is 0 Å². The van der Waals surface area contributed by atoms with E-state index in [1.54, 1.807) is 6.07 Å². The Balaban J connectivity index is 2.36. The third kappa shape index (κ3) is 1.33. The third-order valence-electron chi connectivity index (χ3n) is 3.21. The van der Waals surface area contributed by atoms with E-state index in [1.165, 1.54) is 12.1 Å². The summed E-state index contributed by atoms with van der Waals surface area (Å²) in [6, 6.07) is 4.64. The van der Waals surface area contributed by atoms with Gasteiger partial charge in [-0.25, -0.2) is 4.39 Å². The minimum Gasteiger partial charge on any atom is -0.327 e. The van der Waals surface area contributed by atoms with Gasteiger partial charge in [-0.05, 0) is 23.1 Å². The first-order valence-corrected chi connectivity index (χ1v) is 5.03. The molecule has 0 radical (unpaired) electrons. The smallest absolute Gasteiger partial charge is 0.124 e. The van der Waals surface area contributed by atoms with Crippen LogP contribution in [0.3, 0.4) is 0 Å². The summed E-state index contributed by atoms with van der Waals surface area (Å²) in [5, 5.41) is 0.482. The molecule has 0 heterocycles. The fourth-order valence-electron chi connectivity index (χ4n) is 2.03. The molecule has 0 aromatic heterocycles. The van der Waals surface area contributed by atoms with Gasteiger partial charge in [0.1, 0.15) is 5.82 Å². The highest BCUT2D eigenvalue weighted by Gasteiger charge is 2.56. The van der Waals surface area contributed by atoms with Crippen LogP contribution in [-0.4, -0.2) is 6.04 Å². The lowest BCUT2D eigenvalue weighted by atomic mass is 10.0. The summed E-state index contributed by atoms with van der Waals surface area (Å²) >= 11 is 5.96. The van der Waals surface area contributed by atoms with Crippen LogP contribution in [0.1, 0.15) is 25.3 Å². The van der Waals surface area contributed by atoms with Crippen LogP contribution in [0.25, 0.3) is 0 Å². The van der Waals surface area contributed by atoms with Crippen molar-refractivity contribution in [3.05, 3.63) is 34.6 Å². The Hall–Kier alpha value is -0.600. The van der Waals surface area contributed by atoms with Crippen LogP contribution in [0.15, 0.2) is 18.2 Å². The summed E-state index contributed by atoms with van der Waals surface area (Å²) in [5.41, 5.74) is 6.98. The summed E-state index contributed by atoms with van der Waals surface area (Å²) in [6.45, 7) is 4.20. The minimum absolute atomic E-state index is 0.0848. The molecular formula is C11H13ClFN. The molecule has 0 bridgehead atoms. The van der Waals surface area contributed by atoms with Crippen molar-refractivity contribution in [1.29, 1.82) is 0 Å².